The Labute approximate surface area is 116 Å². The first-order valence-electron chi connectivity index (χ1n) is 7.34. The Bertz CT molecular complexity index is 263. The van der Waals surface area contributed by atoms with E-state index in [0.29, 0.717) is 6.61 Å². The minimum Gasteiger partial charge on any atom is -0.465 e. The summed E-state index contributed by atoms with van der Waals surface area (Å²) in [5.74, 6) is -0.140. The summed E-state index contributed by atoms with van der Waals surface area (Å²) in [5, 5.41) is 3.20. The second kappa shape index (κ2) is 8.51. The van der Waals surface area contributed by atoms with Crippen LogP contribution in [0.5, 0.6) is 0 Å². The van der Waals surface area contributed by atoms with Crippen LogP contribution in [-0.4, -0.2) is 61.9 Å². The Kier molecular flexibility index (Phi) is 7.34. The minimum atomic E-state index is -0.196. The molecule has 19 heavy (non-hydrogen) atoms. The highest BCUT2D eigenvalue weighted by molar-refractivity contribution is 5.75. The predicted octanol–water partition coefficient (Wildman–Crippen LogP) is 1.03. The van der Waals surface area contributed by atoms with E-state index in [0.717, 1.165) is 32.6 Å². The third-order valence-electron chi connectivity index (χ3n) is 3.25. The van der Waals surface area contributed by atoms with Gasteiger partial charge < -0.3 is 14.8 Å². The molecule has 3 atom stereocenters. The van der Waals surface area contributed by atoms with Gasteiger partial charge in [-0.15, -0.1) is 0 Å². The van der Waals surface area contributed by atoms with Crippen LogP contribution in [0.15, 0.2) is 0 Å². The molecule has 0 radical (unpaired) electrons. The number of likely N-dealkylation sites (N-methyl/N-ethyl adjacent to an activating group) is 1. The molecule has 1 rings (SSSR count). The lowest BCUT2D eigenvalue weighted by atomic mass is 10.1. The fourth-order valence-electron chi connectivity index (χ4n) is 2.57. The molecule has 0 saturated carbocycles. The molecular weight excluding hydrogens is 244 g/mol. The van der Waals surface area contributed by atoms with E-state index < -0.39 is 0 Å². The van der Waals surface area contributed by atoms with Crippen LogP contribution in [0.1, 0.15) is 34.1 Å². The van der Waals surface area contributed by atoms with Crippen molar-refractivity contribution < 1.29 is 14.3 Å². The normalized spacial score (nSPS) is 26.1. The maximum Gasteiger partial charge on any atom is 0.323 e. The van der Waals surface area contributed by atoms with Crippen LogP contribution in [0, 0.1) is 0 Å². The van der Waals surface area contributed by atoms with Crippen molar-refractivity contribution in [2.45, 2.75) is 52.4 Å². The smallest absolute Gasteiger partial charge is 0.323 e. The number of carbonyl (C=O) groups is 1. The van der Waals surface area contributed by atoms with Crippen molar-refractivity contribution in [2.75, 3.05) is 32.8 Å². The van der Waals surface area contributed by atoms with Crippen LogP contribution in [0.25, 0.3) is 0 Å². The number of nitrogens with zero attached hydrogens (tertiary/aromatic N) is 1. The first kappa shape index (κ1) is 16.4. The summed E-state index contributed by atoms with van der Waals surface area (Å²) in [6, 6.07) is -0.196. The zero-order valence-corrected chi connectivity index (χ0v) is 12.6. The van der Waals surface area contributed by atoms with Gasteiger partial charge >= 0.3 is 5.97 Å². The van der Waals surface area contributed by atoms with Gasteiger partial charge in [0, 0.05) is 19.6 Å². The van der Waals surface area contributed by atoms with E-state index >= 15 is 0 Å². The van der Waals surface area contributed by atoms with E-state index in [-0.39, 0.29) is 24.2 Å². The summed E-state index contributed by atoms with van der Waals surface area (Å²) in [5.41, 5.74) is 0. The van der Waals surface area contributed by atoms with Gasteiger partial charge in [-0.05, 0) is 33.7 Å². The van der Waals surface area contributed by atoms with Crippen molar-refractivity contribution in [1.82, 2.24) is 10.2 Å². The molecule has 0 amide bonds. The molecule has 1 saturated heterocycles. The first-order valence-corrected chi connectivity index (χ1v) is 7.34. The largest absolute Gasteiger partial charge is 0.465 e. The Morgan fingerprint density at radius 1 is 1.37 bits per heavy atom. The van der Waals surface area contributed by atoms with Gasteiger partial charge in [0.05, 0.1) is 18.8 Å². The molecule has 1 aliphatic rings. The average Bonchev–Trinajstić information content (AvgIpc) is 2.33. The van der Waals surface area contributed by atoms with E-state index in [1.807, 2.05) is 13.8 Å². The van der Waals surface area contributed by atoms with E-state index in [1.54, 1.807) is 0 Å². The van der Waals surface area contributed by atoms with Crippen LogP contribution >= 0.6 is 0 Å². The molecule has 0 aromatic rings. The lowest BCUT2D eigenvalue weighted by molar-refractivity contribution is -0.146. The zero-order valence-electron chi connectivity index (χ0n) is 12.6. The molecule has 1 N–H and O–H groups in total. The zero-order chi connectivity index (χ0) is 14.3. The van der Waals surface area contributed by atoms with Gasteiger partial charge in [0.25, 0.3) is 0 Å². The lowest BCUT2D eigenvalue weighted by Crippen LogP contribution is -2.48. The highest BCUT2D eigenvalue weighted by atomic mass is 16.5. The molecule has 0 aliphatic carbocycles. The van der Waals surface area contributed by atoms with Crippen LogP contribution < -0.4 is 5.32 Å². The quantitative estimate of drug-likeness (QED) is 0.702. The topological polar surface area (TPSA) is 50.8 Å². The Morgan fingerprint density at radius 3 is 2.53 bits per heavy atom. The second-order valence-electron chi connectivity index (χ2n) is 5.17. The SMILES string of the molecule is CCNC(CCN1C[C@@H](C)O[C@@H](C)C1)C(=O)OCC. The molecule has 0 spiro atoms. The Morgan fingerprint density at radius 2 is 2.00 bits per heavy atom. The molecule has 112 valence electrons. The molecule has 5 nitrogen and oxygen atoms in total. The van der Waals surface area contributed by atoms with E-state index in [9.17, 15) is 4.79 Å². The predicted molar refractivity (Wildman–Crippen MR) is 75.2 cm³/mol. The third kappa shape index (κ3) is 5.89. The summed E-state index contributed by atoms with van der Waals surface area (Å²) in [4.78, 5) is 14.2. The maximum atomic E-state index is 11.8. The van der Waals surface area contributed by atoms with Gasteiger partial charge in [0.1, 0.15) is 6.04 Å². The minimum absolute atomic E-state index is 0.140. The average molecular weight is 272 g/mol. The van der Waals surface area contributed by atoms with Crippen molar-refractivity contribution in [2.24, 2.45) is 0 Å². The fourth-order valence-corrected chi connectivity index (χ4v) is 2.57. The van der Waals surface area contributed by atoms with E-state index in [2.05, 4.69) is 24.1 Å². The second-order valence-corrected chi connectivity index (χ2v) is 5.17. The highest BCUT2D eigenvalue weighted by Gasteiger charge is 2.24. The van der Waals surface area contributed by atoms with Crippen molar-refractivity contribution in [3.63, 3.8) is 0 Å². The summed E-state index contributed by atoms with van der Waals surface area (Å²) in [6.45, 7) is 12.0. The summed E-state index contributed by atoms with van der Waals surface area (Å²) in [6.07, 6.45) is 1.32. The van der Waals surface area contributed by atoms with Gasteiger partial charge in [-0.1, -0.05) is 6.92 Å². The van der Waals surface area contributed by atoms with Gasteiger partial charge in [0.15, 0.2) is 0 Å². The first-order chi connectivity index (χ1) is 9.06. The lowest BCUT2D eigenvalue weighted by Gasteiger charge is -2.35. The summed E-state index contributed by atoms with van der Waals surface area (Å²) in [7, 11) is 0. The number of nitrogens with one attached hydrogen (secondary N) is 1. The van der Waals surface area contributed by atoms with Crippen LogP contribution in [0.4, 0.5) is 0 Å². The van der Waals surface area contributed by atoms with Gasteiger partial charge in [-0.2, -0.15) is 0 Å². The van der Waals surface area contributed by atoms with Crippen molar-refractivity contribution in [3.8, 4) is 0 Å². The van der Waals surface area contributed by atoms with Crippen LogP contribution in [0.2, 0.25) is 0 Å². The van der Waals surface area contributed by atoms with Gasteiger partial charge in [-0.3, -0.25) is 9.69 Å². The highest BCUT2D eigenvalue weighted by Crippen LogP contribution is 2.11. The summed E-state index contributed by atoms with van der Waals surface area (Å²) >= 11 is 0. The number of rotatable bonds is 7. The molecule has 1 heterocycles. The number of hydrogen-bond acceptors (Lipinski definition) is 5. The standard InChI is InChI=1S/C14H28N2O3/c1-5-15-13(14(17)18-6-2)7-8-16-9-11(3)19-12(4)10-16/h11-13,15H,5-10H2,1-4H3/t11-,12+,13?. The van der Waals surface area contributed by atoms with E-state index in [4.69, 9.17) is 9.47 Å². The molecule has 0 aromatic carbocycles. The number of ether oxygens (including phenoxy) is 2. The van der Waals surface area contributed by atoms with Gasteiger partial charge in [0.2, 0.25) is 0 Å². The van der Waals surface area contributed by atoms with Gasteiger partial charge in [-0.25, -0.2) is 0 Å². The number of carbonyl (C=O) groups excluding carboxylic acids is 1. The van der Waals surface area contributed by atoms with Crippen molar-refractivity contribution in [3.05, 3.63) is 0 Å². The number of morpholine rings is 1. The molecular formula is C14H28N2O3. The van der Waals surface area contributed by atoms with Crippen molar-refractivity contribution in [1.29, 1.82) is 0 Å². The molecule has 5 heteroatoms. The van der Waals surface area contributed by atoms with E-state index in [1.165, 1.54) is 0 Å². The fraction of sp³-hybridized carbons (Fsp3) is 0.929. The Balaban J connectivity index is 2.40. The summed E-state index contributed by atoms with van der Waals surface area (Å²) < 4.78 is 10.8. The molecule has 1 fully saturated rings. The molecule has 0 aromatic heterocycles. The molecule has 0 bridgehead atoms. The molecule has 1 unspecified atom stereocenters. The number of esters is 1. The maximum absolute atomic E-state index is 11.8. The van der Waals surface area contributed by atoms with Crippen LogP contribution in [0.3, 0.4) is 0 Å². The molecule has 1 aliphatic heterocycles. The number of hydrogen-bond donors (Lipinski definition) is 1. The third-order valence-corrected chi connectivity index (χ3v) is 3.25. The Hall–Kier alpha value is -0.650. The van der Waals surface area contributed by atoms with Crippen LogP contribution in [-0.2, 0) is 14.3 Å². The van der Waals surface area contributed by atoms with Crippen molar-refractivity contribution >= 4 is 5.97 Å². The monoisotopic (exact) mass is 272 g/mol.